The molecule has 2 aromatic carbocycles. The molecule has 2 saturated heterocycles. The van der Waals surface area contributed by atoms with Gasteiger partial charge in [-0.25, -0.2) is 0 Å². The van der Waals surface area contributed by atoms with E-state index in [0.717, 1.165) is 50.4 Å². The summed E-state index contributed by atoms with van der Waals surface area (Å²) in [6.45, 7) is 9.02. The van der Waals surface area contributed by atoms with Crippen LogP contribution in [0.4, 0.5) is 0 Å². The lowest BCUT2D eigenvalue weighted by molar-refractivity contribution is -0.137. The van der Waals surface area contributed by atoms with Crippen molar-refractivity contribution < 1.29 is 19.0 Å². The van der Waals surface area contributed by atoms with Gasteiger partial charge in [0.05, 0.1) is 31.8 Å². The van der Waals surface area contributed by atoms with Crippen molar-refractivity contribution in [1.82, 2.24) is 24.7 Å². The Morgan fingerprint density at radius 1 is 0.872 bits per heavy atom. The highest BCUT2D eigenvalue weighted by molar-refractivity contribution is 5.85. The van der Waals surface area contributed by atoms with Crippen LogP contribution in [-0.2, 0) is 16.1 Å². The molecule has 2 aliphatic heterocycles. The first-order valence-electron chi connectivity index (χ1n) is 16.4. The summed E-state index contributed by atoms with van der Waals surface area (Å²) in [5, 5.41) is 0. The lowest BCUT2D eigenvalue weighted by Gasteiger charge is -2.53. The highest BCUT2D eigenvalue weighted by Gasteiger charge is 2.43. The van der Waals surface area contributed by atoms with Crippen LogP contribution in [0.1, 0.15) is 67.5 Å². The molecule has 0 radical (unpaired) electrons. The van der Waals surface area contributed by atoms with E-state index in [-0.39, 0.29) is 54.8 Å². The van der Waals surface area contributed by atoms with E-state index in [9.17, 15) is 4.79 Å². The average molecular weight is 687 g/mol. The zero-order valence-electron chi connectivity index (χ0n) is 27.9. The average Bonchev–Trinajstić information content (AvgIpc) is 3.91. The van der Waals surface area contributed by atoms with Crippen LogP contribution in [-0.4, -0.2) is 102 Å². The van der Waals surface area contributed by atoms with Crippen LogP contribution in [0.15, 0.2) is 60.7 Å². The second-order valence-corrected chi connectivity index (χ2v) is 12.9. The molecule has 0 bridgehead atoms. The molecule has 0 spiro atoms. The van der Waals surface area contributed by atoms with Crippen LogP contribution in [0, 0.1) is 0 Å². The number of hydrogen-bond donors (Lipinski definition) is 0. The van der Waals surface area contributed by atoms with Crippen LogP contribution < -0.4 is 9.47 Å². The lowest BCUT2D eigenvalue weighted by Crippen LogP contribution is -2.67. The van der Waals surface area contributed by atoms with E-state index in [0.29, 0.717) is 43.8 Å². The van der Waals surface area contributed by atoms with Gasteiger partial charge in [-0.15, -0.1) is 24.8 Å². The normalized spacial score (nSPS) is 19.9. The van der Waals surface area contributed by atoms with E-state index in [1.807, 2.05) is 18.7 Å². The van der Waals surface area contributed by atoms with Gasteiger partial charge in [0.15, 0.2) is 0 Å². The minimum atomic E-state index is -0.0226. The second-order valence-electron chi connectivity index (χ2n) is 12.9. The molecule has 0 N–H and O–H groups in total. The fourth-order valence-corrected chi connectivity index (χ4v) is 7.00. The van der Waals surface area contributed by atoms with E-state index in [1.54, 1.807) is 14.2 Å². The number of carbonyl (C=O) groups excluding carboxylic acids is 1. The number of nitrogens with zero attached hydrogens (tertiary/aromatic N) is 5. The summed E-state index contributed by atoms with van der Waals surface area (Å²) in [7, 11) is 3.34. The molecule has 1 aromatic heterocycles. The van der Waals surface area contributed by atoms with Gasteiger partial charge in [0.25, 0.3) is 0 Å². The van der Waals surface area contributed by atoms with Gasteiger partial charge in [-0.3, -0.25) is 14.6 Å². The molecule has 3 aliphatic rings. The van der Waals surface area contributed by atoms with Crippen molar-refractivity contribution in [1.29, 1.82) is 0 Å². The Bertz CT molecular complexity index is 1390. The predicted octanol–water partition coefficient (Wildman–Crippen LogP) is 5.56. The fourth-order valence-electron chi connectivity index (χ4n) is 7.00. The molecule has 6 rings (SSSR count). The summed E-state index contributed by atoms with van der Waals surface area (Å²) < 4.78 is 17.4. The first-order chi connectivity index (χ1) is 21.9. The number of rotatable bonds is 12. The van der Waals surface area contributed by atoms with Crippen molar-refractivity contribution in [3.63, 3.8) is 0 Å². The first kappa shape index (κ1) is 36.9. The molecular formula is C36H49Cl2N5O4. The molecule has 256 valence electrons. The maximum atomic E-state index is 13.1. The predicted molar refractivity (Wildman–Crippen MR) is 188 cm³/mol. The van der Waals surface area contributed by atoms with Crippen LogP contribution in [0.5, 0.6) is 11.8 Å². The third kappa shape index (κ3) is 8.75. The van der Waals surface area contributed by atoms with E-state index in [2.05, 4.69) is 70.5 Å². The van der Waals surface area contributed by atoms with Crippen molar-refractivity contribution >= 4 is 30.7 Å². The summed E-state index contributed by atoms with van der Waals surface area (Å²) in [6.07, 6.45) is 2.60. The monoisotopic (exact) mass is 685 g/mol. The summed E-state index contributed by atoms with van der Waals surface area (Å²) in [4.78, 5) is 30.1. The van der Waals surface area contributed by atoms with Gasteiger partial charge in [0.1, 0.15) is 5.82 Å². The number of halogens is 2. The van der Waals surface area contributed by atoms with E-state index < -0.39 is 0 Å². The Kier molecular flexibility index (Phi) is 13.3. The Balaban J connectivity index is 0.00000250. The quantitative estimate of drug-likeness (QED) is 0.245. The number of carbonyl (C=O) groups is 1. The minimum Gasteiger partial charge on any atom is -0.481 e. The number of methoxy groups -OCH3 is 2. The SMILES string of the molecule is COCCC(=O)N1CCN2C(C(c3ccccc3)c3ccccc3)CN(Cc3c(OC)nc(C4CC4)nc3OC(C)C)C[C@@H]2C1.Cl.Cl. The molecule has 1 saturated carbocycles. The molecule has 3 fully saturated rings. The van der Waals surface area contributed by atoms with Gasteiger partial charge in [-0.2, -0.15) is 9.97 Å². The van der Waals surface area contributed by atoms with Gasteiger partial charge in [0.2, 0.25) is 17.7 Å². The molecule has 9 nitrogen and oxygen atoms in total. The number of piperazine rings is 2. The maximum absolute atomic E-state index is 13.1. The molecule has 11 heteroatoms. The number of fused-ring (bicyclic) bond motifs is 1. The van der Waals surface area contributed by atoms with Crippen LogP contribution >= 0.6 is 24.8 Å². The van der Waals surface area contributed by atoms with Crippen molar-refractivity contribution in [2.45, 2.75) is 69.7 Å². The van der Waals surface area contributed by atoms with E-state index in [4.69, 9.17) is 24.2 Å². The van der Waals surface area contributed by atoms with Crippen LogP contribution in [0.2, 0.25) is 0 Å². The smallest absolute Gasteiger partial charge is 0.225 e. The molecule has 1 unspecified atom stereocenters. The number of aromatic nitrogens is 2. The second kappa shape index (κ2) is 16.9. The number of hydrogen-bond acceptors (Lipinski definition) is 8. The van der Waals surface area contributed by atoms with Gasteiger partial charge in [-0.1, -0.05) is 60.7 Å². The zero-order valence-corrected chi connectivity index (χ0v) is 29.5. The molecule has 1 amide bonds. The molecule has 3 aromatic rings. The zero-order chi connectivity index (χ0) is 31.3. The molecule has 2 atom stereocenters. The van der Waals surface area contributed by atoms with Gasteiger partial charge < -0.3 is 19.1 Å². The van der Waals surface area contributed by atoms with Gasteiger partial charge >= 0.3 is 0 Å². The molecular weight excluding hydrogens is 637 g/mol. The van der Waals surface area contributed by atoms with Gasteiger partial charge in [-0.05, 0) is 37.8 Å². The third-order valence-corrected chi connectivity index (χ3v) is 9.26. The molecule has 3 heterocycles. The summed E-state index contributed by atoms with van der Waals surface area (Å²) in [5.74, 6) is 2.75. The largest absolute Gasteiger partial charge is 0.481 e. The summed E-state index contributed by atoms with van der Waals surface area (Å²) in [5.41, 5.74) is 3.49. The lowest BCUT2D eigenvalue weighted by atomic mass is 9.81. The van der Waals surface area contributed by atoms with E-state index >= 15 is 0 Å². The van der Waals surface area contributed by atoms with Crippen molar-refractivity contribution in [3.8, 4) is 11.8 Å². The van der Waals surface area contributed by atoms with Crippen LogP contribution in [0.3, 0.4) is 0 Å². The number of ether oxygens (including phenoxy) is 3. The van der Waals surface area contributed by atoms with Crippen molar-refractivity contribution in [2.75, 3.05) is 53.6 Å². The van der Waals surface area contributed by atoms with Crippen LogP contribution in [0.25, 0.3) is 0 Å². The highest BCUT2D eigenvalue weighted by atomic mass is 35.5. The molecule has 47 heavy (non-hydrogen) atoms. The summed E-state index contributed by atoms with van der Waals surface area (Å²) >= 11 is 0. The Morgan fingerprint density at radius 3 is 2.09 bits per heavy atom. The number of amides is 1. The Hall–Kier alpha value is -2.95. The van der Waals surface area contributed by atoms with Gasteiger partial charge in [0, 0.05) is 70.3 Å². The maximum Gasteiger partial charge on any atom is 0.225 e. The molecule has 1 aliphatic carbocycles. The highest BCUT2D eigenvalue weighted by Crippen LogP contribution is 2.42. The number of benzene rings is 2. The topological polar surface area (TPSA) is 80.3 Å². The van der Waals surface area contributed by atoms with E-state index in [1.165, 1.54) is 11.1 Å². The van der Waals surface area contributed by atoms with Crippen molar-refractivity contribution in [2.24, 2.45) is 0 Å². The third-order valence-electron chi connectivity index (χ3n) is 9.26. The fraction of sp³-hybridized carbons (Fsp3) is 0.528. The Morgan fingerprint density at radius 2 is 1.51 bits per heavy atom. The minimum absolute atomic E-state index is 0. The summed E-state index contributed by atoms with van der Waals surface area (Å²) in [6, 6.07) is 22.1. The first-order valence-corrected chi connectivity index (χ1v) is 16.4. The Labute approximate surface area is 291 Å². The standard InChI is InChI=1S/C36H47N5O4.2ClH/c1-25(2)45-36-30(35(44-4)37-34(38-36)28-15-16-28)23-39-21-29-22-40(32(42)17-20-43-3)18-19-41(29)31(24-39)33(26-11-7-5-8-12-26)27-13-9-6-10-14-27;;/h5-14,25,28-29,31,33H,15-24H2,1-4H3;2*1H/t29-,31?;;/m1../s1. The van der Waals surface area contributed by atoms with Crippen molar-refractivity contribution in [3.05, 3.63) is 83.2 Å².